The number of halogens is 1. The van der Waals surface area contributed by atoms with E-state index < -0.39 is 15.7 Å². The van der Waals surface area contributed by atoms with Crippen LogP contribution in [0.5, 0.6) is 0 Å². The highest BCUT2D eigenvalue weighted by molar-refractivity contribution is 7.90. The molecule has 7 heteroatoms. The number of hydrogen-bond donors (Lipinski definition) is 0. The van der Waals surface area contributed by atoms with E-state index in [0.29, 0.717) is 28.8 Å². The molecule has 0 amide bonds. The Bertz CT molecular complexity index is 1010. The molecule has 0 radical (unpaired) electrons. The minimum Gasteiger partial charge on any atom is -0.298 e. The topological polar surface area (TPSA) is 69.0 Å². The molecule has 0 bridgehead atoms. The molecule has 1 aromatic heterocycles. The Balaban J connectivity index is 2.07. The Morgan fingerprint density at radius 3 is 2.42 bits per heavy atom. The van der Waals surface area contributed by atoms with Crippen LogP contribution in [0.2, 0.25) is 0 Å². The average molecular weight is 344 g/mol. The van der Waals surface area contributed by atoms with Crippen molar-refractivity contribution in [3.8, 4) is 16.9 Å². The van der Waals surface area contributed by atoms with Crippen molar-refractivity contribution < 1.29 is 17.6 Å². The van der Waals surface area contributed by atoms with Gasteiger partial charge in [0.05, 0.1) is 16.1 Å². The van der Waals surface area contributed by atoms with Crippen molar-refractivity contribution in [2.75, 3.05) is 6.26 Å². The molecule has 122 valence electrons. The Labute approximate surface area is 138 Å². The van der Waals surface area contributed by atoms with Gasteiger partial charge in [0.1, 0.15) is 11.5 Å². The van der Waals surface area contributed by atoms with Gasteiger partial charge in [0, 0.05) is 18.0 Å². The molecule has 0 spiro atoms. The Hall–Kier alpha value is -2.80. The molecule has 0 aliphatic rings. The number of nitrogens with zero attached hydrogens (tertiary/aromatic N) is 2. The van der Waals surface area contributed by atoms with Crippen molar-refractivity contribution in [1.82, 2.24) is 9.78 Å². The monoisotopic (exact) mass is 344 g/mol. The van der Waals surface area contributed by atoms with Gasteiger partial charge in [0.2, 0.25) is 0 Å². The first-order valence-corrected chi connectivity index (χ1v) is 8.89. The van der Waals surface area contributed by atoms with Gasteiger partial charge in [0.15, 0.2) is 16.1 Å². The molecule has 3 aromatic rings. The predicted molar refractivity (Wildman–Crippen MR) is 87.5 cm³/mol. The first kappa shape index (κ1) is 16.1. The lowest BCUT2D eigenvalue weighted by Crippen LogP contribution is -1.97. The maximum absolute atomic E-state index is 13.4. The molecule has 5 nitrogen and oxygen atoms in total. The molecule has 0 saturated heterocycles. The van der Waals surface area contributed by atoms with E-state index in [2.05, 4.69) is 5.10 Å². The first-order valence-electron chi connectivity index (χ1n) is 7.00. The van der Waals surface area contributed by atoms with Gasteiger partial charge in [-0.3, -0.25) is 4.79 Å². The average Bonchev–Trinajstić information content (AvgIpc) is 2.98. The lowest BCUT2D eigenvalue weighted by Gasteiger charge is -2.02. The number of hydrogen-bond acceptors (Lipinski definition) is 4. The molecule has 24 heavy (non-hydrogen) atoms. The van der Waals surface area contributed by atoms with E-state index in [0.717, 1.165) is 6.26 Å². The zero-order chi connectivity index (χ0) is 17.3. The maximum Gasteiger partial charge on any atom is 0.175 e. The third kappa shape index (κ3) is 3.11. The second-order valence-corrected chi connectivity index (χ2v) is 7.29. The second kappa shape index (κ2) is 6.01. The largest absolute Gasteiger partial charge is 0.298 e. The fourth-order valence-electron chi connectivity index (χ4n) is 2.31. The molecule has 0 aliphatic heterocycles. The van der Waals surface area contributed by atoms with Gasteiger partial charge >= 0.3 is 0 Å². The molecule has 1 heterocycles. The van der Waals surface area contributed by atoms with Gasteiger partial charge in [-0.05, 0) is 30.3 Å². The molecule has 3 rings (SSSR count). The second-order valence-electron chi connectivity index (χ2n) is 5.27. The van der Waals surface area contributed by atoms with E-state index in [1.165, 1.54) is 35.1 Å². The molecule has 0 fully saturated rings. The van der Waals surface area contributed by atoms with Crippen LogP contribution in [-0.4, -0.2) is 30.7 Å². The number of carbonyl (C=O) groups is 1. The van der Waals surface area contributed by atoms with Crippen LogP contribution < -0.4 is 0 Å². The van der Waals surface area contributed by atoms with E-state index in [-0.39, 0.29) is 4.90 Å². The van der Waals surface area contributed by atoms with Gasteiger partial charge in [-0.25, -0.2) is 17.5 Å². The fourth-order valence-corrected chi connectivity index (χ4v) is 2.94. The summed E-state index contributed by atoms with van der Waals surface area (Å²) >= 11 is 0. The summed E-state index contributed by atoms with van der Waals surface area (Å²) in [6.45, 7) is 0. The molecular weight excluding hydrogens is 331 g/mol. The van der Waals surface area contributed by atoms with Crippen molar-refractivity contribution in [1.29, 1.82) is 0 Å². The molecule has 0 unspecified atom stereocenters. The molecule has 0 atom stereocenters. The molecule has 0 saturated carbocycles. The highest BCUT2D eigenvalue weighted by atomic mass is 32.2. The van der Waals surface area contributed by atoms with E-state index >= 15 is 0 Å². The van der Waals surface area contributed by atoms with Crippen molar-refractivity contribution in [2.24, 2.45) is 0 Å². The first-order chi connectivity index (χ1) is 11.4. The number of aromatic nitrogens is 2. The fraction of sp³-hybridized carbons (Fsp3) is 0.0588. The number of rotatable bonds is 4. The van der Waals surface area contributed by atoms with Crippen LogP contribution in [-0.2, 0) is 9.84 Å². The lowest BCUT2D eigenvalue weighted by molar-refractivity contribution is 0.112. The number of benzene rings is 2. The Kier molecular flexibility index (Phi) is 4.02. The van der Waals surface area contributed by atoms with Crippen LogP contribution >= 0.6 is 0 Å². The van der Waals surface area contributed by atoms with E-state index in [1.807, 2.05) is 0 Å². The van der Waals surface area contributed by atoms with Gasteiger partial charge in [-0.15, -0.1) is 0 Å². The third-order valence-corrected chi connectivity index (χ3v) is 4.63. The highest BCUT2D eigenvalue weighted by Gasteiger charge is 2.13. The van der Waals surface area contributed by atoms with Gasteiger partial charge in [-0.1, -0.05) is 18.2 Å². The summed E-state index contributed by atoms with van der Waals surface area (Å²) in [7, 11) is -3.30. The minimum atomic E-state index is -3.30. The minimum absolute atomic E-state index is 0.184. The summed E-state index contributed by atoms with van der Waals surface area (Å²) in [6.07, 6.45) is 3.28. The van der Waals surface area contributed by atoms with Crippen molar-refractivity contribution >= 4 is 16.1 Å². The standard InChI is InChI=1S/C17H13FN2O3S/c1-24(22,23)16-7-5-12(6-8-16)17-13(11-21)10-20(19-17)15-4-2-3-14(18)9-15/h2-11H,1H3. The SMILES string of the molecule is CS(=O)(=O)c1ccc(-c2nn(-c3cccc(F)c3)cc2C=O)cc1. The summed E-state index contributed by atoms with van der Waals surface area (Å²) in [6, 6.07) is 11.9. The molecule has 2 aromatic carbocycles. The van der Waals surface area contributed by atoms with Crippen LogP contribution in [0.15, 0.2) is 59.6 Å². The summed E-state index contributed by atoms with van der Waals surface area (Å²) in [5.41, 5.74) is 1.80. The van der Waals surface area contributed by atoms with Gasteiger partial charge in [0.25, 0.3) is 0 Å². The van der Waals surface area contributed by atoms with Crippen molar-refractivity contribution in [2.45, 2.75) is 4.90 Å². The molecular formula is C17H13FN2O3S. The normalized spacial score (nSPS) is 11.4. The summed E-state index contributed by atoms with van der Waals surface area (Å²) in [5, 5.41) is 4.32. The van der Waals surface area contributed by atoms with Crippen molar-refractivity contribution in [3.05, 3.63) is 66.1 Å². The third-order valence-electron chi connectivity index (χ3n) is 3.50. The summed E-state index contributed by atoms with van der Waals surface area (Å²) < 4.78 is 37.8. The Morgan fingerprint density at radius 1 is 1.12 bits per heavy atom. The Morgan fingerprint density at radius 2 is 1.83 bits per heavy atom. The van der Waals surface area contributed by atoms with E-state index in [1.54, 1.807) is 24.3 Å². The quantitative estimate of drug-likeness (QED) is 0.683. The van der Waals surface area contributed by atoms with Crippen molar-refractivity contribution in [3.63, 3.8) is 0 Å². The zero-order valence-electron chi connectivity index (χ0n) is 12.7. The smallest absolute Gasteiger partial charge is 0.175 e. The number of carbonyl (C=O) groups excluding carboxylic acids is 1. The van der Waals surface area contributed by atoms with E-state index in [4.69, 9.17) is 0 Å². The van der Waals surface area contributed by atoms with E-state index in [9.17, 15) is 17.6 Å². The predicted octanol–water partition coefficient (Wildman–Crippen LogP) is 2.89. The summed E-state index contributed by atoms with van der Waals surface area (Å²) in [5.74, 6) is -0.408. The van der Waals surface area contributed by atoms with Crippen LogP contribution in [0.4, 0.5) is 4.39 Å². The number of sulfone groups is 1. The lowest BCUT2D eigenvalue weighted by atomic mass is 10.1. The van der Waals surface area contributed by atoms with Crippen LogP contribution in [0.3, 0.4) is 0 Å². The van der Waals surface area contributed by atoms with Gasteiger partial charge in [-0.2, -0.15) is 5.10 Å². The van der Waals surface area contributed by atoms with Crippen LogP contribution in [0.1, 0.15) is 10.4 Å². The molecule has 0 aliphatic carbocycles. The number of aldehydes is 1. The molecule has 0 N–H and O–H groups in total. The highest BCUT2D eigenvalue weighted by Crippen LogP contribution is 2.24. The van der Waals surface area contributed by atoms with Crippen LogP contribution in [0, 0.1) is 5.82 Å². The van der Waals surface area contributed by atoms with Crippen LogP contribution in [0.25, 0.3) is 16.9 Å². The maximum atomic E-state index is 13.4. The summed E-state index contributed by atoms with van der Waals surface area (Å²) in [4.78, 5) is 11.5. The van der Waals surface area contributed by atoms with Gasteiger partial charge < -0.3 is 0 Å². The zero-order valence-corrected chi connectivity index (χ0v) is 13.5.